The second-order valence-corrected chi connectivity index (χ2v) is 5.19. The molecular weight excluding hydrogens is 184 g/mol. The van der Waals surface area contributed by atoms with E-state index in [9.17, 15) is 0 Å². The molecular formula is C13H24N2. The zero-order valence-corrected chi connectivity index (χ0v) is 9.97. The molecule has 2 aliphatic rings. The van der Waals surface area contributed by atoms with Crippen LogP contribution in [-0.2, 0) is 0 Å². The first-order chi connectivity index (χ1) is 7.35. The lowest BCUT2D eigenvalue weighted by Gasteiger charge is -2.45. The van der Waals surface area contributed by atoms with Crippen molar-refractivity contribution in [2.24, 2.45) is 5.41 Å². The van der Waals surface area contributed by atoms with Gasteiger partial charge in [-0.15, -0.1) is 0 Å². The van der Waals surface area contributed by atoms with Crippen LogP contribution in [0.15, 0.2) is 12.2 Å². The summed E-state index contributed by atoms with van der Waals surface area (Å²) in [5.41, 5.74) is 0.609. The zero-order chi connectivity index (χ0) is 10.6. The number of hydrogen-bond acceptors (Lipinski definition) is 2. The Morgan fingerprint density at radius 1 is 1.33 bits per heavy atom. The summed E-state index contributed by atoms with van der Waals surface area (Å²) >= 11 is 0. The van der Waals surface area contributed by atoms with E-state index in [4.69, 9.17) is 0 Å². The van der Waals surface area contributed by atoms with E-state index in [1.54, 1.807) is 0 Å². The van der Waals surface area contributed by atoms with Crippen LogP contribution in [0, 0.1) is 5.41 Å². The number of likely N-dealkylation sites (tertiary alicyclic amines) is 1. The summed E-state index contributed by atoms with van der Waals surface area (Å²) in [5.74, 6) is 0. The van der Waals surface area contributed by atoms with E-state index >= 15 is 0 Å². The molecule has 15 heavy (non-hydrogen) atoms. The van der Waals surface area contributed by atoms with Gasteiger partial charge in [0.15, 0.2) is 0 Å². The Morgan fingerprint density at radius 2 is 2.20 bits per heavy atom. The summed E-state index contributed by atoms with van der Waals surface area (Å²) < 4.78 is 0. The molecule has 2 rings (SSSR count). The van der Waals surface area contributed by atoms with Crippen LogP contribution in [0.1, 0.15) is 32.6 Å². The van der Waals surface area contributed by atoms with Gasteiger partial charge in [-0.1, -0.05) is 12.2 Å². The molecule has 2 aliphatic heterocycles. The third kappa shape index (κ3) is 2.82. The first-order valence-electron chi connectivity index (χ1n) is 6.39. The van der Waals surface area contributed by atoms with Crippen molar-refractivity contribution in [1.82, 2.24) is 10.2 Å². The summed E-state index contributed by atoms with van der Waals surface area (Å²) in [4.78, 5) is 2.62. The topological polar surface area (TPSA) is 15.3 Å². The minimum absolute atomic E-state index is 0.609. The highest BCUT2D eigenvalue weighted by molar-refractivity contribution is 4.93. The van der Waals surface area contributed by atoms with E-state index in [1.807, 2.05) is 0 Å². The van der Waals surface area contributed by atoms with Crippen molar-refractivity contribution < 1.29 is 0 Å². The molecule has 2 fully saturated rings. The predicted molar refractivity (Wildman–Crippen MR) is 65.0 cm³/mol. The van der Waals surface area contributed by atoms with Crippen molar-refractivity contribution in [3.05, 3.63) is 12.2 Å². The average Bonchev–Trinajstić information content (AvgIpc) is 2.28. The quantitative estimate of drug-likeness (QED) is 0.699. The van der Waals surface area contributed by atoms with Gasteiger partial charge in [0.2, 0.25) is 0 Å². The molecule has 0 bridgehead atoms. The number of nitrogens with one attached hydrogen (secondary N) is 1. The molecule has 1 spiro atoms. The van der Waals surface area contributed by atoms with Gasteiger partial charge in [-0.25, -0.2) is 0 Å². The fourth-order valence-electron chi connectivity index (χ4n) is 3.10. The van der Waals surface area contributed by atoms with Gasteiger partial charge in [-0.3, -0.25) is 4.90 Å². The molecule has 1 atom stereocenters. The van der Waals surface area contributed by atoms with Gasteiger partial charge in [0.05, 0.1) is 0 Å². The number of hydrogen-bond donors (Lipinski definition) is 1. The highest BCUT2D eigenvalue weighted by Gasteiger charge is 2.35. The molecule has 0 aliphatic carbocycles. The molecule has 2 saturated heterocycles. The standard InChI is InChI=1S/C13H24N2/c1-2-3-9-15-10-5-7-13(12-15)6-4-8-14-11-13/h2-3,14H,4-12H2,1H3/b3-2+. The Balaban J connectivity index is 1.90. The van der Waals surface area contributed by atoms with Crippen LogP contribution in [0.3, 0.4) is 0 Å². The highest BCUT2D eigenvalue weighted by Crippen LogP contribution is 2.35. The lowest BCUT2D eigenvalue weighted by atomic mass is 9.74. The van der Waals surface area contributed by atoms with E-state index in [1.165, 1.54) is 51.9 Å². The molecule has 1 N–H and O–H groups in total. The van der Waals surface area contributed by atoms with Gasteiger partial charge in [0.1, 0.15) is 0 Å². The predicted octanol–water partition coefficient (Wildman–Crippen LogP) is 2.03. The van der Waals surface area contributed by atoms with Crippen molar-refractivity contribution in [2.75, 3.05) is 32.7 Å². The Hall–Kier alpha value is -0.340. The molecule has 86 valence electrons. The molecule has 2 heteroatoms. The van der Waals surface area contributed by atoms with Gasteiger partial charge in [0, 0.05) is 19.6 Å². The van der Waals surface area contributed by atoms with Gasteiger partial charge in [-0.2, -0.15) is 0 Å². The van der Waals surface area contributed by atoms with Crippen molar-refractivity contribution in [2.45, 2.75) is 32.6 Å². The Labute approximate surface area is 93.7 Å². The van der Waals surface area contributed by atoms with Crippen LogP contribution in [0.4, 0.5) is 0 Å². The maximum Gasteiger partial charge on any atom is 0.0163 e. The van der Waals surface area contributed by atoms with Crippen LogP contribution in [-0.4, -0.2) is 37.6 Å². The van der Waals surface area contributed by atoms with Gasteiger partial charge >= 0.3 is 0 Å². The van der Waals surface area contributed by atoms with E-state index < -0.39 is 0 Å². The summed E-state index contributed by atoms with van der Waals surface area (Å²) in [6.45, 7) is 8.35. The molecule has 0 aromatic heterocycles. The Bertz CT molecular complexity index is 211. The van der Waals surface area contributed by atoms with Gasteiger partial charge in [0.25, 0.3) is 0 Å². The zero-order valence-electron chi connectivity index (χ0n) is 9.97. The molecule has 1 unspecified atom stereocenters. The van der Waals surface area contributed by atoms with Crippen molar-refractivity contribution in [1.29, 1.82) is 0 Å². The Kier molecular flexibility index (Phi) is 3.81. The van der Waals surface area contributed by atoms with E-state index in [-0.39, 0.29) is 0 Å². The van der Waals surface area contributed by atoms with Crippen molar-refractivity contribution >= 4 is 0 Å². The van der Waals surface area contributed by atoms with Crippen molar-refractivity contribution in [3.8, 4) is 0 Å². The largest absolute Gasteiger partial charge is 0.316 e. The molecule has 2 nitrogen and oxygen atoms in total. The maximum atomic E-state index is 3.58. The highest BCUT2D eigenvalue weighted by atomic mass is 15.1. The van der Waals surface area contributed by atoms with Gasteiger partial charge in [-0.05, 0) is 51.1 Å². The molecule has 0 amide bonds. The van der Waals surface area contributed by atoms with Crippen molar-refractivity contribution in [3.63, 3.8) is 0 Å². The van der Waals surface area contributed by atoms with Crippen LogP contribution < -0.4 is 5.32 Å². The molecule has 2 heterocycles. The molecule has 0 saturated carbocycles. The summed E-state index contributed by atoms with van der Waals surface area (Å²) in [6, 6.07) is 0. The fraction of sp³-hybridized carbons (Fsp3) is 0.846. The van der Waals surface area contributed by atoms with Crippen LogP contribution in [0.25, 0.3) is 0 Å². The monoisotopic (exact) mass is 208 g/mol. The SMILES string of the molecule is C/C=C/CN1CCCC2(CCCNC2)C1. The van der Waals surface area contributed by atoms with Crippen LogP contribution in [0.2, 0.25) is 0 Å². The van der Waals surface area contributed by atoms with E-state index in [2.05, 4.69) is 29.3 Å². The molecule has 0 aromatic carbocycles. The third-order valence-electron chi connectivity index (χ3n) is 3.90. The molecule has 0 radical (unpaired) electrons. The second-order valence-electron chi connectivity index (χ2n) is 5.19. The smallest absolute Gasteiger partial charge is 0.0163 e. The average molecular weight is 208 g/mol. The third-order valence-corrected chi connectivity index (χ3v) is 3.90. The van der Waals surface area contributed by atoms with E-state index in [0.29, 0.717) is 5.41 Å². The normalized spacial score (nSPS) is 33.9. The number of allylic oxidation sites excluding steroid dienone is 1. The second kappa shape index (κ2) is 5.13. The number of nitrogens with zero attached hydrogens (tertiary/aromatic N) is 1. The van der Waals surface area contributed by atoms with E-state index in [0.717, 1.165) is 6.54 Å². The lowest BCUT2D eigenvalue weighted by Crippen LogP contribution is -2.51. The minimum atomic E-state index is 0.609. The summed E-state index contributed by atoms with van der Waals surface area (Å²) in [6.07, 6.45) is 10.1. The lowest BCUT2D eigenvalue weighted by molar-refractivity contribution is 0.0720. The fourth-order valence-corrected chi connectivity index (χ4v) is 3.10. The summed E-state index contributed by atoms with van der Waals surface area (Å²) in [7, 11) is 0. The molecule has 0 aromatic rings. The first-order valence-corrected chi connectivity index (χ1v) is 6.39. The number of piperidine rings is 2. The van der Waals surface area contributed by atoms with Crippen LogP contribution in [0.5, 0.6) is 0 Å². The van der Waals surface area contributed by atoms with Crippen LogP contribution >= 0.6 is 0 Å². The number of rotatable bonds is 2. The van der Waals surface area contributed by atoms with Gasteiger partial charge < -0.3 is 5.32 Å². The minimum Gasteiger partial charge on any atom is -0.316 e. The summed E-state index contributed by atoms with van der Waals surface area (Å²) in [5, 5.41) is 3.58. The first kappa shape index (κ1) is 11.2. The Morgan fingerprint density at radius 3 is 2.93 bits per heavy atom. The maximum absolute atomic E-state index is 3.58.